The number of aliphatic hydroxyl groups is 1. The topological polar surface area (TPSA) is 117 Å². The molecule has 4 heterocycles. The van der Waals surface area contributed by atoms with E-state index in [0.717, 1.165) is 16.6 Å². The van der Waals surface area contributed by atoms with Crippen LogP contribution < -0.4 is 4.74 Å². The van der Waals surface area contributed by atoms with Crippen molar-refractivity contribution in [1.82, 2.24) is 24.4 Å². The number of carbonyl (C=O) groups excluding carboxylic acids is 1. The molecule has 2 aliphatic heterocycles. The number of aromatic nitrogens is 4. The first-order valence-electron chi connectivity index (χ1n) is 12.9. The minimum absolute atomic E-state index is 0.0175. The summed E-state index contributed by atoms with van der Waals surface area (Å²) in [5, 5.41) is 19.9. The van der Waals surface area contributed by atoms with Gasteiger partial charge in [-0.25, -0.2) is 15.0 Å². The van der Waals surface area contributed by atoms with Crippen molar-refractivity contribution in [2.24, 2.45) is 0 Å². The van der Waals surface area contributed by atoms with Gasteiger partial charge >= 0.3 is 6.61 Å². The van der Waals surface area contributed by atoms with Gasteiger partial charge in [0.1, 0.15) is 22.8 Å². The Morgan fingerprint density at radius 3 is 2.58 bits per heavy atom. The third kappa shape index (κ3) is 3.45. The molecule has 0 spiro atoms. The fraction of sp³-hybridized carbons (Fsp3) is 0.345. The zero-order valence-corrected chi connectivity index (χ0v) is 21.7. The van der Waals surface area contributed by atoms with Crippen LogP contribution >= 0.6 is 0 Å². The molecule has 2 atom stereocenters. The maximum absolute atomic E-state index is 13.3. The van der Waals surface area contributed by atoms with Gasteiger partial charge in [-0.1, -0.05) is 12.1 Å². The summed E-state index contributed by atoms with van der Waals surface area (Å²) < 4.78 is 33.6. The molecule has 7 rings (SSSR count). The van der Waals surface area contributed by atoms with Crippen molar-refractivity contribution in [3.63, 3.8) is 0 Å². The molecule has 2 aromatic heterocycles. The van der Waals surface area contributed by atoms with Crippen molar-refractivity contribution < 1.29 is 23.4 Å². The Morgan fingerprint density at radius 2 is 1.90 bits per heavy atom. The van der Waals surface area contributed by atoms with E-state index in [4.69, 9.17) is 9.72 Å². The van der Waals surface area contributed by atoms with Crippen LogP contribution in [0.4, 0.5) is 8.78 Å². The largest absolute Gasteiger partial charge is 0.434 e. The van der Waals surface area contributed by atoms with Gasteiger partial charge in [-0.3, -0.25) is 4.79 Å². The van der Waals surface area contributed by atoms with Gasteiger partial charge in [0.25, 0.3) is 5.91 Å². The second kappa shape index (κ2) is 8.29. The Balaban J connectivity index is 1.33. The standard InChI is InChI=1S/C29H24F2N6O3/c1-28(39)12-29(13-28,14-32)26-33-10-16(11-34-26)15-6-7-18-19(8-15)37-20-9-21(24(37)35-18)36(2)25(38)17-4-3-5-22(23(17)20)40-27(30)31/h3-8,10-11,20-21,27,39H,9,12-13H2,1-2H3/t20-,21-,28?,29?/m1/s1. The number of fused-ring (bicyclic) bond motifs is 9. The lowest BCUT2D eigenvalue weighted by Crippen LogP contribution is -2.52. The highest BCUT2D eigenvalue weighted by molar-refractivity contribution is 5.98. The lowest BCUT2D eigenvalue weighted by Gasteiger charge is -2.45. The van der Waals surface area contributed by atoms with Crippen LogP contribution in [-0.4, -0.2) is 54.7 Å². The summed E-state index contributed by atoms with van der Waals surface area (Å²) >= 11 is 0. The number of hydrogen-bond acceptors (Lipinski definition) is 7. The molecule has 1 amide bonds. The SMILES string of the molecule is CN1C(=O)c2cccc(OC(F)F)c2[C@H]2C[C@@H]1c1nc3ccc(-c4cnc(C5(C#N)CC(C)(O)C5)nc4)cc3n12. The van der Waals surface area contributed by atoms with E-state index in [1.165, 1.54) is 6.07 Å². The first-order valence-corrected chi connectivity index (χ1v) is 12.9. The van der Waals surface area contributed by atoms with Gasteiger partial charge in [0.05, 0.1) is 34.8 Å². The van der Waals surface area contributed by atoms with E-state index in [1.807, 2.05) is 22.8 Å². The molecule has 202 valence electrons. The van der Waals surface area contributed by atoms with E-state index >= 15 is 0 Å². The molecule has 40 heavy (non-hydrogen) atoms. The second-order valence-corrected chi connectivity index (χ2v) is 11.2. The zero-order valence-electron chi connectivity index (χ0n) is 21.7. The number of carbonyl (C=O) groups is 1. The maximum atomic E-state index is 13.3. The van der Waals surface area contributed by atoms with Crippen LogP contribution in [0.25, 0.3) is 22.2 Å². The van der Waals surface area contributed by atoms with Crippen LogP contribution in [-0.2, 0) is 5.41 Å². The smallest absolute Gasteiger partial charge is 0.387 e. The van der Waals surface area contributed by atoms with Crippen LogP contribution in [0.3, 0.4) is 0 Å². The second-order valence-electron chi connectivity index (χ2n) is 11.2. The van der Waals surface area contributed by atoms with Crippen molar-refractivity contribution in [3.05, 3.63) is 71.6 Å². The molecule has 11 heteroatoms. The number of hydrogen-bond donors (Lipinski definition) is 1. The lowest BCUT2D eigenvalue weighted by molar-refractivity contribution is -0.0583. The number of halogens is 2. The van der Waals surface area contributed by atoms with E-state index in [-0.39, 0.29) is 30.5 Å². The zero-order chi connectivity index (χ0) is 28.0. The molecule has 1 saturated carbocycles. The molecule has 1 fully saturated rings. The van der Waals surface area contributed by atoms with Gasteiger partial charge in [-0.15, -0.1) is 0 Å². The molecule has 4 aromatic rings. The number of rotatable bonds is 4. The van der Waals surface area contributed by atoms with E-state index in [2.05, 4.69) is 16.0 Å². The average Bonchev–Trinajstić information content (AvgIpc) is 3.44. The summed E-state index contributed by atoms with van der Waals surface area (Å²) in [5.41, 5.74) is 2.00. The minimum Gasteiger partial charge on any atom is -0.434 e. The number of benzene rings is 2. The Labute approximate surface area is 227 Å². The summed E-state index contributed by atoms with van der Waals surface area (Å²) in [6, 6.07) is 11.9. The molecular formula is C29H24F2N6O3. The number of ether oxygens (including phenoxy) is 1. The molecule has 0 saturated heterocycles. The van der Waals surface area contributed by atoms with Crippen LogP contribution in [0.2, 0.25) is 0 Å². The number of amides is 1. The summed E-state index contributed by atoms with van der Waals surface area (Å²) in [6.45, 7) is -1.33. The highest BCUT2D eigenvalue weighted by atomic mass is 19.3. The van der Waals surface area contributed by atoms with Gasteiger partial charge in [-0.05, 0) is 36.8 Å². The predicted molar refractivity (Wildman–Crippen MR) is 139 cm³/mol. The molecule has 0 unspecified atom stereocenters. The summed E-state index contributed by atoms with van der Waals surface area (Å²) in [6.07, 6.45) is 4.37. The highest BCUT2D eigenvalue weighted by Crippen LogP contribution is 2.51. The van der Waals surface area contributed by atoms with Gasteiger partial charge in [0, 0.05) is 55.4 Å². The quantitative estimate of drug-likeness (QED) is 0.403. The van der Waals surface area contributed by atoms with E-state index < -0.39 is 23.7 Å². The fourth-order valence-corrected chi connectivity index (χ4v) is 6.72. The maximum Gasteiger partial charge on any atom is 0.387 e. The Morgan fingerprint density at radius 1 is 1.15 bits per heavy atom. The highest BCUT2D eigenvalue weighted by Gasteiger charge is 2.54. The summed E-state index contributed by atoms with van der Waals surface area (Å²) in [4.78, 5) is 28.7. The van der Waals surface area contributed by atoms with Crippen LogP contribution in [0, 0.1) is 11.3 Å². The van der Waals surface area contributed by atoms with Crippen LogP contribution in [0.5, 0.6) is 5.75 Å². The molecular weight excluding hydrogens is 518 g/mol. The molecule has 9 nitrogen and oxygen atoms in total. The minimum atomic E-state index is -3.03. The van der Waals surface area contributed by atoms with Crippen LogP contribution in [0.1, 0.15) is 65.8 Å². The van der Waals surface area contributed by atoms with E-state index in [0.29, 0.717) is 34.7 Å². The van der Waals surface area contributed by atoms with Crippen molar-refractivity contribution in [2.45, 2.75) is 55.9 Å². The summed E-state index contributed by atoms with van der Waals surface area (Å²) in [5.74, 6) is 0.792. The molecule has 3 aliphatic rings. The van der Waals surface area contributed by atoms with Gasteiger partial charge in [-0.2, -0.15) is 14.0 Å². The number of nitrogens with zero attached hydrogens (tertiary/aromatic N) is 6. The number of nitriles is 1. The Hall–Kier alpha value is -4.43. The molecule has 2 aromatic carbocycles. The summed E-state index contributed by atoms with van der Waals surface area (Å²) in [7, 11) is 1.70. The van der Waals surface area contributed by atoms with E-state index in [1.54, 1.807) is 43.4 Å². The molecule has 1 aliphatic carbocycles. The molecule has 0 radical (unpaired) electrons. The van der Waals surface area contributed by atoms with Gasteiger partial charge in [0.2, 0.25) is 0 Å². The van der Waals surface area contributed by atoms with Crippen molar-refractivity contribution in [3.8, 4) is 22.9 Å². The van der Waals surface area contributed by atoms with Gasteiger partial charge in [0.15, 0.2) is 0 Å². The van der Waals surface area contributed by atoms with Crippen LogP contribution in [0.15, 0.2) is 48.8 Å². The number of imidazole rings is 1. The first-order chi connectivity index (χ1) is 19.1. The third-order valence-corrected chi connectivity index (χ3v) is 8.40. The van der Waals surface area contributed by atoms with Crippen molar-refractivity contribution in [1.29, 1.82) is 5.26 Å². The van der Waals surface area contributed by atoms with Gasteiger partial charge < -0.3 is 19.3 Å². The van der Waals surface area contributed by atoms with Crippen molar-refractivity contribution >= 4 is 16.9 Å². The first kappa shape index (κ1) is 24.6. The normalized spacial score (nSPS) is 26.7. The average molecular weight is 543 g/mol. The predicted octanol–water partition coefficient (Wildman–Crippen LogP) is 4.52. The molecule has 1 N–H and O–H groups in total. The Kier molecular flexibility index (Phi) is 5.10. The third-order valence-electron chi connectivity index (χ3n) is 8.40. The lowest BCUT2D eigenvalue weighted by atomic mass is 9.60. The monoisotopic (exact) mass is 542 g/mol. The number of alkyl halides is 2. The Bertz CT molecular complexity index is 1740. The van der Waals surface area contributed by atoms with Crippen molar-refractivity contribution in [2.75, 3.05) is 7.05 Å². The fourth-order valence-electron chi connectivity index (χ4n) is 6.72. The molecule has 2 bridgehead atoms. The van der Waals surface area contributed by atoms with E-state index in [9.17, 15) is 23.9 Å².